The van der Waals surface area contributed by atoms with Crippen LogP contribution in [-0.4, -0.2) is 23.7 Å². The van der Waals surface area contributed by atoms with Gasteiger partial charge in [0.25, 0.3) is 5.91 Å². The topological polar surface area (TPSA) is 43.6 Å². The van der Waals surface area contributed by atoms with Crippen LogP contribution >= 0.6 is 34.5 Å². The van der Waals surface area contributed by atoms with E-state index in [0.29, 0.717) is 34.6 Å². The molecule has 1 aromatic heterocycles. The van der Waals surface area contributed by atoms with Gasteiger partial charge in [0.1, 0.15) is 5.82 Å². The molecule has 4 nitrogen and oxygen atoms in total. The van der Waals surface area contributed by atoms with Crippen molar-refractivity contribution in [3.63, 3.8) is 0 Å². The first-order chi connectivity index (χ1) is 12.5. The molecular weight excluding hydrogens is 398 g/mol. The zero-order valence-electron chi connectivity index (χ0n) is 13.8. The van der Waals surface area contributed by atoms with Crippen LogP contribution in [0.3, 0.4) is 0 Å². The highest BCUT2D eigenvalue weighted by Crippen LogP contribution is 2.29. The number of aromatic nitrogens is 1. The van der Waals surface area contributed by atoms with E-state index in [2.05, 4.69) is 4.99 Å². The minimum absolute atomic E-state index is 0.0783. The Morgan fingerprint density at radius 1 is 1.31 bits per heavy atom. The second-order valence-electron chi connectivity index (χ2n) is 5.36. The maximum absolute atomic E-state index is 13.9. The maximum Gasteiger partial charge on any atom is 0.282 e. The van der Waals surface area contributed by atoms with Gasteiger partial charge in [-0.2, -0.15) is 4.99 Å². The van der Waals surface area contributed by atoms with E-state index >= 15 is 0 Å². The largest absolute Gasteiger partial charge is 0.380 e. The molecule has 0 aliphatic heterocycles. The van der Waals surface area contributed by atoms with Crippen molar-refractivity contribution >= 4 is 50.7 Å². The third-order valence-electron chi connectivity index (χ3n) is 3.66. The monoisotopic (exact) mass is 412 g/mol. The summed E-state index contributed by atoms with van der Waals surface area (Å²) >= 11 is 13.7. The molecule has 3 aromatic rings. The van der Waals surface area contributed by atoms with Crippen LogP contribution in [0.15, 0.2) is 41.4 Å². The number of hydrogen-bond donors (Lipinski definition) is 0. The van der Waals surface area contributed by atoms with Gasteiger partial charge in [0.2, 0.25) is 0 Å². The number of benzene rings is 2. The Balaban J connectivity index is 2.14. The molecule has 0 unspecified atom stereocenters. The van der Waals surface area contributed by atoms with Gasteiger partial charge in [-0.3, -0.25) is 4.79 Å². The number of hydrogen-bond acceptors (Lipinski definition) is 3. The first kappa shape index (κ1) is 19.0. The lowest BCUT2D eigenvalue weighted by Gasteiger charge is -2.07. The van der Waals surface area contributed by atoms with Crippen molar-refractivity contribution in [2.75, 3.05) is 13.2 Å². The number of halogens is 3. The molecule has 0 spiro atoms. The van der Waals surface area contributed by atoms with E-state index in [0.717, 1.165) is 10.2 Å². The predicted octanol–water partition coefficient (Wildman–Crippen LogP) is 4.93. The van der Waals surface area contributed by atoms with Crippen molar-refractivity contribution in [3.8, 4) is 0 Å². The fraction of sp³-hybridized carbons (Fsp3) is 0.222. The van der Waals surface area contributed by atoms with Gasteiger partial charge < -0.3 is 9.30 Å². The summed E-state index contributed by atoms with van der Waals surface area (Å²) < 4.78 is 21.9. The Morgan fingerprint density at radius 2 is 2.08 bits per heavy atom. The van der Waals surface area contributed by atoms with Gasteiger partial charge in [0.05, 0.1) is 27.4 Å². The lowest BCUT2D eigenvalue weighted by Crippen LogP contribution is -2.20. The summed E-state index contributed by atoms with van der Waals surface area (Å²) in [5, 5.41) is 0.952. The average molecular weight is 413 g/mol. The number of thiazole rings is 1. The second-order valence-corrected chi connectivity index (χ2v) is 7.22. The third-order valence-corrected chi connectivity index (χ3v) is 5.19. The van der Waals surface area contributed by atoms with E-state index < -0.39 is 11.7 Å². The van der Waals surface area contributed by atoms with Gasteiger partial charge >= 0.3 is 0 Å². The van der Waals surface area contributed by atoms with Crippen molar-refractivity contribution in [2.24, 2.45) is 4.99 Å². The van der Waals surface area contributed by atoms with E-state index in [-0.39, 0.29) is 5.56 Å². The van der Waals surface area contributed by atoms with E-state index in [4.69, 9.17) is 27.9 Å². The van der Waals surface area contributed by atoms with Crippen molar-refractivity contribution in [1.82, 2.24) is 4.57 Å². The molecule has 0 saturated carbocycles. The molecule has 3 rings (SSSR count). The van der Waals surface area contributed by atoms with E-state index in [9.17, 15) is 9.18 Å². The fourth-order valence-corrected chi connectivity index (χ4v) is 4.34. The lowest BCUT2D eigenvalue weighted by atomic mass is 10.2. The summed E-state index contributed by atoms with van der Waals surface area (Å²) in [6.07, 6.45) is 0. The first-order valence-corrected chi connectivity index (χ1v) is 9.48. The summed E-state index contributed by atoms with van der Waals surface area (Å²) in [5.74, 6) is -1.26. The van der Waals surface area contributed by atoms with E-state index in [1.54, 1.807) is 22.8 Å². The molecule has 0 aliphatic carbocycles. The number of fused-ring (bicyclic) bond motifs is 1. The Morgan fingerprint density at radius 3 is 2.81 bits per heavy atom. The maximum atomic E-state index is 13.9. The molecular formula is C18H15Cl2FN2O2S. The summed E-state index contributed by atoms with van der Waals surface area (Å²) in [5.41, 5.74) is 0.645. The molecule has 0 fully saturated rings. The average Bonchev–Trinajstić information content (AvgIpc) is 2.92. The molecule has 0 atom stereocenters. The molecule has 0 N–H and O–H groups in total. The summed E-state index contributed by atoms with van der Waals surface area (Å²) in [4.78, 5) is 17.0. The number of ether oxygens (including phenoxy) is 1. The standard InChI is InChI=1S/C18H15Cl2FN2O2S/c1-2-25-8-7-23-16-13(20)9-11(19)10-15(16)26-18(23)22-17(24)12-5-3-4-6-14(12)21/h3-6,9-10H,2,7-8H2,1H3. The number of carbonyl (C=O) groups is 1. The summed E-state index contributed by atoms with van der Waals surface area (Å²) in [6.45, 7) is 3.36. The van der Waals surface area contributed by atoms with E-state index in [1.165, 1.54) is 29.5 Å². The molecule has 0 saturated heterocycles. The highest BCUT2D eigenvalue weighted by Gasteiger charge is 2.14. The number of carbonyl (C=O) groups excluding carboxylic acids is 1. The van der Waals surface area contributed by atoms with Gasteiger partial charge in [-0.1, -0.05) is 46.7 Å². The zero-order valence-corrected chi connectivity index (χ0v) is 16.2. The first-order valence-electron chi connectivity index (χ1n) is 7.91. The number of rotatable bonds is 5. The summed E-state index contributed by atoms with van der Waals surface area (Å²) in [7, 11) is 0. The van der Waals surface area contributed by atoms with Gasteiger partial charge in [-0.05, 0) is 31.2 Å². The fourth-order valence-electron chi connectivity index (χ4n) is 2.50. The van der Waals surface area contributed by atoms with Gasteiger partial charge in [0.15, 0.2) is 4.80 Å². The molecule has 2 aromatic carbocycles. The SMILES string of the molecule is CCOCCn1c(=NC(=O)c2ccccc2F)sc2cc(Cl)cc(Cl)c21. The minimum Gasteiger partial charge on any atom is -0.380 e. The highest BCUT2D eigenvalue weighted by molar-refractivity contribution is 7.16. The van der Waals surface area contributed by atoms with E-state index in [1.807, 2.05) is 6.92 Å². The van der Waals surface area contributed by atoms with Crippen LogP contribution in [0.1, 0.15) is 17.3 Å². The van der Waals surface area contributed by atoms with Crippen molar-refractivity contribution in [1.29, 1.82) is 0 Å². The van der Waals surface area contributed by atoms with Crippen LogP contribution in [0.25, 0.3) is 10.2 Å². The molecule has 26 heavy (non-hydrogen) atoms. The molecule has 0 radical (unpaired) electrons. The second kappa shape index (κ2) is 8.31. The normalized spacial score (nSPS) is 12.1. The van der Waals surface area contributed by atoms with Crippen LogP contribution < -0.4 is 4.80 Å². The number of amides is 1. The van der Waals surface area contributed by atoms with Crippen molar-refractivity contribution < 1.29 is 13.9 Å². The quantitative estimate of drug-likeness (QED) is 0.557. The van der Waals surface area contributed by atoms with Crippen LogP contribution in [-0.2, 0) is 11.3 Å². The van der Waals surface area contributed by atoms with Gasteiger partial charge in [-0.15, -0.1) is 0 Å². The Labute approximate surface area is 163 Å². The highest BCUT2D eigenvalue weighted by atomic mass is 35.5. The number of nitrogens with zero attached hydrogens (tertiary/aromatic N) is 2. The summed E-state index contributed by atoms with van der Waals surface area (Å²) in [6, 6.07) is 9.15. The molecule has 1 heterocycles. The molecule has 8 heteroatoms. The lowest BCUT2D eigenvalue weighted by molar-refractivity contribution is 0.0993. The van der Waals surface area contributed by atoms with Crippen molar-refractivity contribution in [2.45, 2.75) is 13.5 Å². The van der Waals surface area contributed by atoms with Crippen molar-refractivity contribution in [3.05, 3.63) is 62.6 Å². The Kier molecular flexibility index (Phi) is 6.09. The van der Waals surface area contributed by atoms with Crippen LogP contribution in [0.5, 0.6) is 0 Å². The van der Waals surface area contributed by atoms with Crippen LogP contribution in [0.4, 0.5) is 4.39 Å². The molecule has 0 aliphatic rings. The predicted molar refractivity (Wildman–Crippen MR) is 103 cm³/mol. The molecule has 1 amide bonds. The molecule has 0 bridgehead atoms. The van der Waals surface area contributed by atoms with Gasteiger partial charge in [-0.25, -0.2) is 4.39 Å². The Hall–Kier alpha value is -1.73. The van der Waals surface area contributed by atoms with Crippen LogP contribution in [0.2, 0.25) is 10.0 Å². The minimum atomic E-state index is -0.651. The van der Waals surface area contributed by atoms with Crippen LogP contribution in [0, 0.1) is 5.82 Å². The third kappa shape index (κ3) is 3.99. The zero-order chi connectivity index (χ0) is 18.7. The smallest absolute Gasteiger partial charge is 0.282 e. The van der Waals surface area contributed by atoms with Gasteiger partial charge in [0, 0.05) is 18.2 Å². The molecule has 136 valence electrons. The Bertz CT molecular complexity index is 1030.